The van der Waals surface area contributed by atoms with Crippen LogP contribution in [0.15, 0.2) is 35.0 Å². The first kappa shape index (κ1) is 7.79. The van der Waals surface area contributed by atoms with Gasteiger partial charge in [0.15, 0.2) is 0 Å². The molecule has 1 aliphatic rings. The third-order valence-corrected chi connectivity index (χ3v) is 1.93. The van der Waals surface area contributed by atoms with Gasteiger partial charge in [0.2, 0.25) is 5.91 Å². The summed E-state index contributed by atoms with van der Waals surface area (Å²) < 4.78 is 1.94. The van der Waals surface area contributed by atoms with Crippen molar-refractivity contribution in [1.82, 2.24) is 4.57 Å². The van der Waals surface area contributed by atoms with E-state index < -0.39 is 5.91 Å². The maximum absolute atomic E-state index is 10.8. The lowest BCUT2D eigenvalue weighted by atomic mass is 10.2. The third kappa shape index (κ3) is 1.38. The summed E-state index contributed by atoms with van der Waals surface area (Å²) in [4.78, 5) is 15.0. The van der Waals surface area contributed by atoms with Crippen LogP contribution in [-0.4, -0.2) is 16.7 Å². The first-order valence-corrected chi connectivity index (χ1v) is 3.96. The minimum Gasteiger partial charge on any atom is -0.366 e. The molecule has 0 unspecified atom stereocenters. The molecule has 1 amide bonds. The summed E-state index contributed by atoms with van der Waals surface area (Å²) in [7, 11) is 0. The number of carbonyl (C=O) groups excluding carboxylic acids is 1. The standard InChI is InChI=1S/C9H9N3O/c10-9(13)7-3-5-12-4-1-2-8(12)11-6-7/h1-4,6H,5H2,(H2,10,13). The van der Waals surface area contributed by atoms with E-state index in [1.807, 2.05) is 22.9 Å². The molecule has 1 aromatic heterocycles. The van der Waals surface area contributed by atoms with E-state index >= 15 is 0 Å². The molecule has 0 saturated carbocycles. The Labute approximate surface area is 75.4 Å². The van der Waals surface area contributed by atoms with Crippen molar-refractivity contribution in [3.8, 4) is 0 Å². The lowest BCUT2D eigenvalue weighted by Gasteiger charge is -1.97. The molecule has 2 heterocycles. The van der Waals surface area contributed by atoms with Gasteiger partial charge in [-0.1, -0.05) is 6.08 Å². The number of carbonyl (C=O) groups is 1. The number of hydrogen-bond donors (Lipinski definition) is 1. The van der Waals surface area contributed by atoms with Gasteiger partial charge in [-0.05, 0) is 12.1 Å². The highest BCUT2D eigenvalue weighted by Gasteiger charge is 2.06. The van der Waals surface area contributed by atoms with Crippen LogP contribution in [0.25, 0.3) is 0 Å². The van der Waals surface area contributed by atoms with Gasteiger partial charge in [0.1, 0.15) is 5.82 Å². The summed E-state index contributed by atoms with van der Waals surface area (Å²) in [5, 5.41) is 0. The van der Waals surface area contributed by atoms with Crippen LogP contribution in [0.5, 0.6) is 0 Å². The van der Waals surface area contributed by atoms with Crippen molar-refractivity contribution >= 4 is 17.9 Å². The topological polar surface area (TPSA) is 60.4 Å². The predicted molar refractivity (Wildman–Crippen MR) is 49.9 cm³/mol. The number of amides is 1. The van der Waals surface area contributed by atoms with Gasteiger partial charge in [0.05, 0.1) is 5.57 Å². The fourth-order valence-electron chi connectivity index (χ4n) is 1.23. The highest BCUT2D eigenvalue weighted by Crippen LogP contribution is 2.15. The molecule has 0 radical (unpaired) electrons. The number of allylic oxidation sites excluding steroid dienone is 1. The fraction of sp³-hybridized carbons (Fsp3) is 0.111. The van der Waals surface area contributed by atoms with Gasteiger partial charge in [-0.2, -0.15) is 0 Å². The zero-order valence-corrected chi connectivity index (χ0v) is 6.97. The molecule has 2 rings (SSSR count). The van der Waals surface area contributed by atoms with Crippen LogP contribution in [0.1, 0.15) is 0 Å². The average molecular weight is 175 g/mol. The lowest BCUT2D eigenvalue weighted by molar-refractivity contribution is -0.114. The molecule has 2 N–H and O–H groups in total. The molecule has 1 aliphatic heterocycles. The highest BCUT2D eigenvalue weighted by molar-refractivity contribution is 6.11. The smallest absolute Gasteiger partial charge is 0.250 e. The second kappa shape index (κ2) is 2.90. The van der Waals surface area contributed by atoms with Gasteiger partial charge in [-0.3, -0.25) is 4.79 Å². The Hall–Kier alpha value is -1.84. The van der Waals surface area contributed by atoms with E-state index in [0.717, 1.165) is 5.82 Å². The van der Waals surface area contributed by atoms with Crippen LogP contribution in [0.2, 0.25) is 0 Å². The lowest BCUT2D eigenvalue weighted by Crippen LogP contribution is -2.14. The van der Waals surface area contributed by atoms with Crippen LogP contribution in [0.4, 0.5) is 5.82 Å². The average Bonchev–Trinajstić information content (AvgIpc) is 2.44. The molecule has 0 fully saturated rings. The quantitative estimate of drug-likeness (QED) is 0.668. The maximum atomic E-state index is 10.8. The van der Waals surface area contributed by atoms with Crippen molar-refractivity contribution in [2.24, 2.45) is 10.7 Å². The van der Waals surface area contributed by atoms with E-state index in [4.69, 9.17) is 5.73 Å². The highest BCUT2D eigenvalue weighted by atomic mass is 16.1. The number of nitrogens with zero attached hydrogens (tertiary/aromatic N) is 2. The van der Waals surface area contributed by atoms with E-state index in [1.54, 1.807) is 6.08 Å². The van der Waals surface area contributed by atoms with Crippen molar-refractivity contribution < 1.29 is 4.79 Å². The summed E-state index contributed by atoms with van der Waals surface area (Å²) >= 11 is 0. The Morgan fingerprint density at radius 3 is 3.23 bits per heavy atom. The molecular formula is C9H9N3O. The van der Waals surface area contributed by atoms with Crippen molar-refractivity contribution in [1.29, 1.82) is 0 Å². The van der Waals surface area contributed by atoms with Gasteiger partial charge in [-0.15, -0.1) is 0 Å². The van der Waals surface area contributed by atoms with Gasteiger partial charge in [0.25, 0.3) is 0 Å². The van der Waals surface area contributed by atoms with E-state index in [-0.39, 0.29) is 0 Å². The molecule has 4 nitrogen and oxygen atoms in total. The largest absolute Gasteiger partial charge is 0.366 e. The molecule has 4 heteroatoms. The van der Waals surface area contributed by atoms with Crippen LogP contribution < -0.4 is 5.73 Å². The number of aliphatic imine (C=N–C) groups is 1. The zero-order valence-electron chi connectivity index (χ0n) is 6.97. The van der Waals surface area contributed by atoms with Crippen molar-refractivity contribution in [2.75, 3.05) is 0 Å². The molecule has 66 valence electrons. The number of rotatable bonds is 1. The van der Waals surface area contributed by atoms with Gasteiger partial charge < -0.3 is 10.3 Å². The summed E-state index contributed by atoms with van der Waals surface area (Å²) in [6.07, 6.45) is 5.18. The van der Waals surface area contributed by atoms with Crippen molar-refractivity contribution in [3.63, 3.8) is 0 Å². The minimum atomic E-state index is -0.436. The number of aromatic nitrogens is 1. The molecule has 0 aromatic carbocycles. The van der Waals surface area contributed by atoms with E-state index in [0.29, 0.717) is 12.1 Å². The molecule has 0 spiro atoms. The van der Waals surface area contributed by atoms with Crippen LogP contribution in [0.3, 0.4) is 0 Å². The number of hydrogen-bond acceptors (Lipinski definition) is 2. The Bertz CT molecular complexity index is 401. The van der Waals surface area contributed by atoms with Crippen molar-refractivity contribution in [2.45, 2.75) is 6.54 Å². The summed E-state index contributed by atoms with van der Waals surface area (Å²) in [6.45, 7) is 0.639. The van der Waals surface area contributed by atoms with Gasteiger partial charge in [0, 0.05) is 19.0 Å². The third-order valence-electron chi connectivity index (χ3n) is 1.93. The number of primary amides is 1. The Kier molecular flexibility index (Phi) is 1.73. The van der Waals surface area contributed by atoms with E-state index in [9.17, 15) is 4.79 Å². The summed E-state index contributed by atoms with van der Waals surface area (Å²) in [5.74, 6) is 0.405. The van der Waals surface area contributed by atoms with E-state index in [1.165, 1.54) is 6.21 Å². The normalized spacial score (nSPS) is 14.6. The monoisotopic (exact) mass is 175 g/mol. The first-order valence-electron chi connectivity index (χ1n) is 3.96. The summed E-state index contributed by atoms with van der Waals surface area (Å²) in [6, 6.07) is 3.80. The number of fused-ring (bicyclic) bond motifs is 1. The molecular weight excluding hydrogens is 166 g/mol. The zero-order chi connectivity index (χ0) is 9.26. The predicted octanol–water partition coefficient (Wildman–Crippen LogP) is 0.616. The Balaban J connectivity index is 2.37. The molecule has 13 heavy (non-hydrogen) atoms. The molecule has 1 aromatic rings. The van der Waals surface area contributed by atoms with Crippen molar-refractivity contribution in [3.05, 3.63) is 30.0 Å². The number of nitrogens with two attached hydrogens (primary N) is 1. The van der Waals surface area contributed by atoms with Gasteiger partial charge in [-0.25, -0.2) is 4.99 Å². The van der Waals surface area contributed by atoms with Crippen LogP contribution in [0, 0.1) is 0 Å². The van der Waals surface area contributed by atoms with E-state index in [2.05, 4.69) is 4.99 Å². The second-order valence-corrected chi connectivity index (χ2v) is 2.80. The molecule has 0 aliphatic carbocycles. The minimum absolute atomic E-state index is 0.436. The molecule has 0 bridgehead atoms. The SMILES string of the molecule is NC(=O)C1=CCn2cccc2N=C1. The molecule has 0 saturated heterocycles. The Morgan fingerprint density at radius 1 is 1.62 bits per heavy atom. The maximum Gasteiger partial charge on any atom is 0.250 e. The van der Waals surface area contributed by atoms with Crippen LogP contribution >= 0.6 is 0 Å². The Morgan fingerprint density at radius 2 is 2.46 bits per heavy atom. The van der Waals surface area contributed by atoms with Gasteiger partial charge >= 0.3 is 0 Å². The second-order valence-electron chi connectivity index (χ2n) is 2.80. The summed E-state index contributed by atoms with van der Waals surface area (Å²) in [5.41, 5.74) is 5.59. The first-order chi connectivity index (χ1) is 6.27. The van der Waals surface area contributed by atoms with Crippen LogP contribution in [-0.2, 0) is 11.3 Å². The molecule has 0 atom stereocenters. The fourth-order valence-corrected chi connectivity index (χ4v) is 1.23.